The van der Waals surface area contributed by atoms with E-state index >= 15 is 0 Å². The molecule has 2 N–H and O–H groups in total. The molecule has 0 bridgehead atoms. The monoisotopic (exact) mass is 451 g/mol. The molecule has 2 aromatic carbocycles. The van der Waals surface area contributed by atoms with Gasteiger partial charge in [-0.05, 0) is 36.2 Å². The third-order valence-corrected chi connectivity index (χ3v) is 6.28. The van der Waals surface area contributed by atoms with Gasteiger partial charge in [0.2, 0.25) is 0 Å². The molecule has 0 saturated carbocycles. The molecular weight excluding hydrogens is 426 g/mol. The Morgan fingerprint density at radius 2 is 1.78 bits per heavy atom. The molecular formula is C24H25N3O4S. The molecule has 4 rings (SSSR count). The minimum atomic E-state index is 0.170. The summed E-state index contributed by atoms with van der Waals surface area (Å²) in [7, 11) is 4.84. The second-order valence-electron chi connectivity index (χ2n) is 7.26. The lowest BCUT2D eigenvalue weighted by Gasteiger charge is -2.19. The largest absolute Gasteiger partial charge is 0.510 e. The fraction of sp³-hybridized carbons (Fsp3) is 0.250. The Morgan fingerprint density at radius 1 is 1.03 bits per heavy atom. The van der Waals surface area contributed by atoms with Crippen molar-refractivity contribution < 1.29 is 19.3 Å². The van der Waals surface area contributed by atoms with E-state index in [0.717, 1.165) is 22.6 Å². The van der Waals surface area contributed by atoms with Crippen molar-refractivity contribution in [1.82, 2.24) is 9.88 Å². The second-order valence-corrected chi connectivity index (χ2v) is 8.12. The summed E-state index contributed by atoms with van der Waals surface area (Å²) in [4.78, 5) is 6.55. The van der Waals surface area contributed by atoms with Gasteiger partial charge in [0.15, 0.2) is 11.5 Å². The van der Waals surface area contributed by atoms with E-state index in [4.69, 9.17) is 24.6 Å². The van der Waals surface area contributed by atoms with E-state index in [1.54, 1.807) is 21.3 Å². The normalized spacial score (nSPS) is 13.6. The molecule has 0 unspecified atom stereocenters. The summed E-state index contributed by atoms with van der Waals surface area (Å²) >= 11 is 1.41. The quantitative estimate of drug-likeness (QED) is 0.519. The Kier molecular flexibility index (Phi) is 6.32. The van der Waals surface area contributed by atoms with Crippen molar-refractivity contribution in [3.05, 3.63) is 64.2 Å². The van der Waals surface area contributed by atoms with Crippen molar-refractivity contribution in [3.8, 4) is 28.5 Å². The van der Waals surface area contributed by atoms with E-state index in [-0.39, 0.29) is 11.6 Å². The van der Waals surface area contributed by atoms with Crippen LogP contribution in [0.3, 0.4) is 0 Å². The summed E-state index contributed by atoms with van der Waals surface area (Å²) < 4.78 is 16.1. The molecule has 1 aromatic heterocycles. The maximum absolute atomic E-state index is 10.6. The molecule has 2 heterocycles. The van der Waals surface area contributed by atoms with Gasteiger partial charge in [-0.15, -0.1) is 11.3 Å². The first-order chi connectivity index (χ1) is 15.5. The lowest BCUT2D eigenvalue weighted by Crippen LogP contribution is -2.28. The topological polar surface area (TPSA) is 87.9 Å². The molecule has 32 heavy (non-hydrogen) atoms. The number of aliphatic hydroxyl groups is 1. The van der Waals surface area contributed by atoms with Crippen LogP contribution in [-0.2, 0) is 6.42 Å². The Balaban J connectivity index is 1.50. The van der Waals surface area contributed by atoms with Crippen molar-refractivity contribution in [2.45, 2.75) is 6.42 Å². The number of nitrogens with one attached hydrogen (secondary N) is 1. The van der Waals surface area contributed by atoms with Crippen molar-refractivity contribution in [3.63, 3.8) is 0 Å². The number of ether oxygens (including phenoxy) is 3. The molecule has 0 aliphatic carbocycles. The Hall–Kier alpha value is -3.52. The number of amidine groups is 1. The number of hydrogen-bond donors (Lipinski definition) is 2. The van der Waals surface area contributed by atoms with E-state index in [9.17, 15) is 5.11 Å². The van der Waals surface area contributed by atoms with Crippen LogP contribution >= 0.6 is 11.3 Å². The fourth-order valence-electron chi connectivity index (χ4n) is 3.73. The third kappa shape index (κ3) is 4.13. The zero-order valence-electron chi connectivity index (χ0n) is 18.2. The molecule has 7 nitrogen and oxygen atoms in total. The highest BCUT2D eigenvalue weighted by atomic mass is 32.1. The van der Waals surface area contributed by atoms with Crippen LogP contribution in [-0.4, -0.2) is 55.2 Å². The van der Waals surface area contributed by atoms with Crippen LogP contribution in [0, 0.1) is 5.41 Å². The molecule has 0 spiro atoms. The number of para-hydroxylation sites is 1. The van der Waals surface area contributed by atoms with Crippen LogP contribution in [0.5, 0.6) is 17.2 Å². The number of methoxy groups -OCH3 is 3. The second kappa shape index (κ2) is 9.32. The van der Waals surface area contributed by atoms with Crippen LogP contribution in [0.2, 0.25) is 0 Å². The van der Waals surface area contributed by atoms with E-state index in [2.05, 4.69) is 0 Å². The number of aromatic nitrogens is 1. The number of thiazole rings is 1. The maximum Gasteiger partial charge on any atom is 0.161 e. The first-order valence-corrected chi connectivity index (χ1v) is 11.0. The summed E-state index contributed by atoms with van der Waals surface area (Å²) in [5.74, 6) is 2.55. The summed E-state index contributed by atoms with van der Waals surface area (Å²) in [6, 6.07) is 13.5. The summed E-state index contributed by atoms with van der Waals surface area (Å²) in [5, 5.41) is 21.8. The first kappa shape index (κ1) is 21.7. The standard InChI is InChI=1S/C24H25N3O4S/c1-29-19-7-5-4-6-15(19)10-11-27-13-18(28)22(23(27)25)24-26-17(14-32-24)16-8-9-20(30-2)21(12-16)31-3/h4-9,12,14,25,28H,10-11,13H2,1-3H3. The Bertz CT molecular complexity index is 1170. The Morgan fingerprint density at radius 3 is 2.53 bits per heavy atom. The molecule has 0 fully saturated rings. The lowest BCUT2D eigenvalue weighted by molar-refractivity contribution is 0.349. The predicted octanol–water partition coefficient (Wildman–Crippen LogP) is 4.64. The lowest BCUT2D eigenvalue weighted by atomic mass is 10.1. The molecule has 0 atom stereocenters. The highest BCUT2D eigenvalue weighted by Crippen LogP contribution is 2.35. The van der Waals surface area contributed by atoms with E-state index in [1.165, 1.54) is 11.3 Å². The molecule has 166 valence electrons. The smallest absolute Gasteiger partial charge is 0.161 e. The number of rotatable bonds is 8. The minimum Gasteiger partial charge on any atom is -0.510 e. The predicted molar refractivity (Wildman–Crippen MR) is 126 cm³/mol. The van der Waals surface area contributed by atoms with Gasteiger partial charge in [-0.25, -0.2) is 4.98 Å². The van der Waals surface area contributed by atoms with Crippen molar-refractivity contribution in [2.24, 2.45) is 0 Å². The maximum atomic E-state index is 10.6. The third-order valence-electron chi connectivity index (χ3n) is 5.42. The van der Waals surface area contributed by atoms with Gasteiger partial charge in [-0.1, -0.05) is 18.2 Å². The van der Waals surface area contributed by atoms with Gasteiger partial charge in [0.1, 0.15) is 22.4 Å². The van der Waals surface area contributed by atoms with Crippen LogP contribution in [0.4, 0.5) is 0 Å². The van der Waals surface area contributed by atoms with Crippen LogP contribution in [0.1, 0.15) is 10.6 Å². The van der Waals surface area contributed by atoms with Gasteiger partial charge in [0.05, 0.1) is 39.1 Å². The average molecular weight is 452 g/mol. The van der Waals surface area contributed by atoms with E-state index < -0.39 is 0 Å². The molecule has 8 heteroatoms. The van der Waals surface area contributed by atoms with E-state index in [0.29, 0.717) is 41.6 Å². The molecule has 1 aliphatic rings. The molecule has 0 saturated heterocycles. The number of aliphatic hydroxyl groups excluding tert-OH is 1. The van der Waals surface area contributed by atoms with Gasteiger partial charge in [0.25, 0.3) is 0 Å². The summed E-state index contributed by atoms with van der Waals surface area (Å²) in [6.07, 6.45) is 0.710. The van der Waals surface area contributed by atoms with Crippen molar-refractivity contribution >= 4 is 22.7 Å². The summed E-state index contributed by atoms with van der Waals surface area (Å²) in [5.41, 5.74) is 3.19. The molecule has 1 aliphatic heterocycles. The molecule has 3 aromatic rings. The van der Waals surface area contributed by atoms with Crippen LogP contribution < -0.4 is 14.2 Å². The van der Waals surface area contributed by atoms with Gasteiger partial charge in [-0.2, -0.15) is 0 Å². The highest BCUT2D eigenvalue weighted by Gasteiger charge is 2.30. The number of hydrogen-bond acceptors (Lipinski definition) is 7. The van der Waals surface area contributed by atoms with Gasteiger partial charge in [-0.3, -0.25) is 5.41 Å². The van der Waals surface area contributed by atoms with Crippen molar-refractivity contribution in [2.75, 3.05) is 34.4 Å². The van der Waals surface area contributed by atoms with Crippen molar-refractivity contribution in [1.29, 1.82) is 5.41 Å². The molecule has 0 radical (unpaired) electrons. The van der Waals surface area contributed by atoms with Gasteiger partial charge in [0, 0.05) is 17.5 Å². The SMILES string of the molecule is COc1ccccc1CCN1CC(O)=C(c2nc(-c3ccc(OC)c(OC)c3)cs2)C1=N. The van der Waals surface area contributed by atoms with Gasteiger partial charge >= 0.3 is 0 Å². The zero-order valence-corrected chi connectivity index (χ0v) is 19.0. The van der Waals surface area contributed by atoms with Crippen LogP contribution in [0.25, 0.3) is 16.8 Å². The molecule has 0 amide bonds. The summed E-state index contributed by atoms with van der Waals surface area (Å²) in [6.45, 7) is 0.898. The fourth-order valence-corrected chi connectivity index (χ4v) is 4.63. The zero-order chi connectivity index (χ0) is 22.7. The van der Waals surface area contributed by atoms with Crippen LogP contribution in [0.15, 0.2) is 53.6 Å². The average Bonchev–Trinajstić information content (AvgIpc) is 3.41. The van der Waals surface area contributed by atoms with Gasteiger partial charge < -0.3 is 24.2 Å². The Labute approximate surface area is 191 Å². The van der Waals surface area contributed by atoms with E-state index in [1.807, 2.05) is 52.7 Å². The highest BCUT2D eigenvalue weighted by molar-refractivity contribution is 7.11. The first-order valence-electron chi connectivity index (χ1n) is 10.1. The number of nitrogens with zero attached hydrogens (tertiary/aromatic N) is 2. The minimum absolute atomic E-state index is 0.170. The number of benzene rings is 2.